The van der Waals surface area contributed by atoms with Crippen LogP contribution in [0.3, 0.4) is 0 Å². The van der Waals surface area contributed by atoms with Crippen LogP contribution in [0.25, 0.3) is 0 Å². The van der Waals surface area contributed by atoms with Crippen molar-refractivity contribution in [1.29, 1.82) is 0 Å². The van der Waals surface area contributed by atoms with E-state index in [0.29, 0.717) is 35.8 Å². The predicted molar refractivity (Wildman–Crippen MR) is 130 cm³/mol. The Kier molecular flexibility index (Phi) is 8.33. The van der Waals surface area contributed by atoms with E-state index in [-0.39, 0.29) is 12.7 Å². The van der Waals surface area contributed by atoms with Crippen molar-refractivity contribution in [3.8, 4) is 11.5 Å². The minimum Gasteiger partial charge on any atom is -0.492 e. The maximum atomic E-state index is 12.9. The van der Waals surface area contributed by atoms with E-state index < -0.39 is 11.9 Å². The molecule has 0 saturated carbocycles. The van der Waals surface area contributed by atoms with Gasteiger partial charge in [0.15, 0.2) is 0 Å². The number of hydrogen-bond donors (Lipinski definition) is 0. The molecule has 34 heavy (non-hydrogen) atoms. The number of halogens is 1. The number of hydrogen-bond acceptors (Lipinski definition) is 6. The molecule has 1 heterocycles. The third-order valence-electron chi connectivity index (χ3n) is 5.38. The lowest BCUT2D eigenvalue weighted by atomic mass is 10.1. The van der Waals surface area contributed by atoms with Gasteiger partial charge < -0.3 is 18.9 Å². The van der Waals surface area contributed by atoms with Crippen molar-refractivity contribution < 1.29 is 28.5 Å². The summed E-state index contributed by atoms with van der Waals surface area (Å²) in [5, 5.41) is 0. The molecule has 1 aliphatic rings. The lowest BCUT2D eigenvalue weighted by Gasteiger charge is -2.12. The van der Waals surface area contributed by atoms with Crippen molar-refractivity contribution in [3.63, 3.8) is 0 Å². The fourth-order valence-corrected chi connectivity index (χ4v) is 3.92. The molecular weight excluding hydrogens is 500 g/mol. The maximum absolute atomic E-state index is 12.9. The highest BCUT2D eigenvalue weighted by Gasteiger charge is 2.19. The Bertz CT molecular complexity index is 1110. The lowest BCUT2D eigenvalue weighted by Crippen LogP contribution is -2.17. The zero-order valence-electron chi connectivity index (χ0n) is 18.6. The van der Waals surface area contributed by atoms with Crippen molar-refractivity contribution in [2.45, 2.75) is 25.4 Å². The zero-order valence-corrected chi connectivity index (χ0v) is 20.2. The van der Waals surface area contributed by atoms with Crippen molar-refractivity contribution in [2.24, 2.45) is 0 Å². The lowest BCUT2D eigenvalue weighted by molar-refractivity contribution is 0.0161. The number of rotatable bonds is 9. The van der Waals surface area contributed by atoms with Gasteiger partial charge in [0, 0.05) is 17.5 Å². The Hall–Kier alpha value is -3.16. The van der Waals surface area contributed by atoms with Crippen LogP contribution in [-0.2, 0) is 15.9 Å². The smallest absolute Gasteiger partial charge is 0.347 e. The highest BCUT2D eigenvalue weighted by Crippen LogP contribution is 2.26. The largest absolute Gasteiger partial charge is 0.492 e. The first-order valence-corrected chi connectivity index (χ1v) is 11.9. The van der Waals surface area contributed by atoms with Gasteiger partial charge in [0.2, 0.25) is 0 Å². The highest BCUT2D eigenvalue weighted by molar-refractivity contribution is 9.10. The molecule has 1 unspecified atom stereocenters. The van der Waals surface area contributed by atoms with Gasteiger partial charge in [0.25, 0.3) is 0 Å². The zero-order chi connectivity index (χ0) is 23.8. The van der Waals surface area contributed by atoms with Crippen LogP contribution < -0.4 is 9.47 Å². The summed E-state index contributed by atoms with van der Waals surface area (Å²) >= 11 is 3.40. The van der Waals surface area contributed by atoms with E-state index in [2.05, 4.69) is 15.9 Å². The van der Waals surface area contributed by atoms with Crippen LogP contribution in [-0.4, -0.2) is 37.9 Å². The third-order valence-corrected chi connectivity index (χ3v) is 5.87. The van der Waals surface area contributed by atoms with Crippen LogP contribution in [0.4, 0.5) is 0 Å². The number of ether oxygens (including phenoxy) is 4. The number of esters is 2. The van der Waals surface area contributed by atoms with Crippen molar-refractivity contribution in [2.75, 3.05) is 19.8 Å². The van der Waals surface area contributed by atoms with Gasteiger partial charge in [-0.05, 0) is 60.9 Å². The van der Waals surface area contributed by atoms with Crippen LogP contribution in [0, 0.1) is 0 Å². The summed E-state index contributed by atoms with van der Waals surface area (Å²) in [6.45, 7) is 1.38. The monoisotopic (exact) mass is 524 g/mol. The summed E-state index contributed by atoms with van der Waals surface area (Å²) in [6.07, 6.45) is 2.57. The SMILES string of the molecule is O=C(OCC1CCCO1)c1ccc(OC(=O)c2cc(Br)ccc2OCCc2ccccc2)cc1. The third kappa shape index (κ3) is 6.68. The Morgan fingerprint density at radius 2 is 1.76 bits per heavy atom. The van der Waals surface area contributed by atoms with Crippen molar-refractivity contribution in [3.05, 3.63) is 94.0 Å². The molecule has 0 bridgehead atoms. The molecule has 176 valence electrons. The molecule has 0 spiro atoms. The van der Waals surface area contributed by atoms with Crippen molar-refractivity contribution in [1.82, 2.24) is 0 Å². The molecule has 0 radical (unpaired) electrons. The first kappa shape index (κ1) is 24.0. The number of carbonyl (C=O) groups is 2. The topological polar surface area (TPSA) is 71.1 Å². The van der Waals surface area contributed by atoms with Gasteiger partial charge >= 0.3 is 11.9 Å². The van der Waals surface area contributed by atoms with Crippen LogP contribution in [0.15, 0.2) is 77.3 Å². The van der Waals surface area contributed by atoms with Crippen LogP contribution in [0.1, 0.15) is 39.1 Å². The van der Waals surface area contributed by atoms with Gasteiger partial charge in [-0.1, -0.05) is 46.3 Å². The second kappa shape index (κ2) is 11.8. The van der Waals surface area contributed by atoms with Crippen LogP contribution in [0.5, 0.6) is 11.5 Å². The quantitative estimate of drug-likeness (QED) is 0.267. The van der Waals surface area contributed by atoms with Crippen LogP contribution >= 0.6 is 15.9 Å². The summed E-state index contributed by atoms with van der Waals surface area (Å²) in [5.41, 5.74) is 1.84. The standard InChI is InChI=1S/C27H25BrO6/c28-21-10-13-25(32-16-14-19-5-2-1-3-6-19)24(17-21)27(30)34-22-11-8-20(9-12-22)26(29)33-18-23-7-4-15-31-23/h1-3,5-6,8-13,17,23H,4,7,14-16,18H2. The molecule has 0 amide bonds. The second-order valence-electron chi connectivity index (χ2n) is 7.87. The van der Waals surface area contributed by atoms with Gasteiger partial charge in [-0.25, -0.2) is 9.59 Å². The van der Waals surface area contributed by atoms with E-state index in [1.807, 2.05) is 36.4 Å². The molecule has 6 nitrogen and oxygen atoms in total. The molecule has 1 saturated heterocycles. The molecule has 3 aromatic carbocycles. The van der Waals surface area contributed by atoms with Crippen molar-refractivity contribution >= 4 is 27.9 Å². The molecule has 0 N–H and O–H groups in total. The van der Waals surface area contributed by atoms with Crippen LogP contribution in [0.2, 0.25) is 0 Å². The molecule has 4 rings (SSSR count). The van der Waals surface area contributed by atoms with Gasteiger partial charge in [-0.2, -0.15) is 0 Å². The van der Waals surface area contributed by atoms with Gasteiger partial charge in [0.1, 0.15) is 23.7 Å². The first-order valence-electron chi connectivity index (χ1n) is 11.2. The van der Waals surface area contributed by atoms with E-state index >= 15 is 0 Å². The maximum Gasteiger partial charge on any atom is 0.347 e. The van der Waals surface area contributed by atoms with Gasteiger partial charge in [0.05, 0.1) is 18.3 Å². The first-order chi connectivity index (χ1) is 16.6. The predicted octanol–water partition coefficient (Wildman–Crippen LogP) is 5.63. The van der Waals surface area contributed by atoms with E-state index in [0.717, 1.165) is 29.3 Å². The Morgan fingerprint density at radius 1 is 0.971 bits per heavy atom. The van der Waals surface area contributed by atoms with E-state index in [4.69, 9.17) is 18.9 Å². The molecule has 1 atom stereocenters. The summed E-state index contributed by atoms with van der Waals surface area (Å²) in [7, 11) is 0. The molecule has 0 aromatic heterocycles. The van der Waals surface area contributed by atoms with E-state index in [1.54, 1.807) is 36.4 Å². The molecule has 1 fully saturated rings. The summed E-state index contributed by atoms with van der Waals surface area (Å²) in [4.78, 5) is 25.1. The average molecular weight is 525 g/mol. The highest BCUT2D eigenvalue weighted by atomic mass is 79.9. The molecule has 1 aliphatic heterocycles. The Balaban J connectivity index is 1.35. The fraction of sp³-hybridized carbons (Fsp3) is 0.259. The molecule has 3 aromatic rings. The van der Waals surface area contributed by atoms with Gasteiger partial charge in [-0.3, -0.25) is 0 Å². The summed E-state index contributed by atoms with van der Waals surface area (Å²) < 4.78 is 22.9. The Labute approximate surface area is 206 Å². The average Bonchev–Trinajstić information content (AvgIpc) is 3.38. The summed E-state index contributed by atoms with van der Waals surface area (Å²) in [6, 6.07) is 21.5. The molecular formula is C27H25BrO6. The minimum absolute atomic E-state index is 0.0292. The van der Waals surface area contributed by atoms with E-state index in [1.165, 1.54) is 0 Å². The molecule has 0 aliphatic carbocycles. The van der Waals surface area contributed by atoms with E-state index in [9.17, 15) is 9.59 Å². The fourth-order valence-electron chi connectivity index (χ4n) is 3.56. The Morgan fingerprint density at radius 3 is 2.50 bits per heavy atom. The minimum atomic E-state index is -0.551. The normalized spacial score (nSPS) is 15.0. The molecule has 7 heteroatoms. The second-order valence-corrected chi connectivity index (χ2v) is 8.79. The van der Waals surface area contributed by atoms with Gasteiger partial charge in [-0.15, -0.1) is 0 Å². The number of carbonyl (C=O) groups excluding carboxylic acids is 2. The summed E-state index contributed by atoms with van der Waals surface area (Å²) in [5.74, 6) is -0.228. The number of benzene rings is 3.